The molecule has 2 aromatic carbocycles. The molecule has 1 N–H and O–H groups in total. The zero-order chi connectivity index (χ0) is 16.6. The van der Waals surface area contributed by atoms with Crippen LogP contribution in [0.1, 0.15) is 23.6 Å². The van der Waals surface area contributed by atoms with Crippen molar-refractivity contribution in [1.82, 2.24) is 5.43 Å². The Kier molecular flexibility index (Phi) is 6.30. The Morgan fingerprint density at radius 2 is 1.71 bits per heavy atom. The second-order valence-electron chi connectivity index (χ2n) is 5.37. The van der Waals surface area contributed by atoms with E-state index in [1.165, 1.54) is 12.1 Å². The number of benzene rings is 2. The van der Waals surface area contributed by atoms with Gasteiger partial charge in [-0.25, -0.2) is 8.78 Å². The van der Waals surface area contributed by atoms with Crippen LogP contribution in [-0.2, 0) is 32.7 Å². The third-order valence-electron chi connectivity index (χ3n) is 3.69. The monoisotopic (exact) mass is 420 g/mol. The summed E-state index contributed by atoms with van der Waals surface area (Å²) in [7, 11) is 0. The van der Waals surface area contributed by atoms with Gasteiger partial charge >= 0.3 is 0 Å². The number of rotatable bonds is 2. The minimum absolute atomic E-state index is 0. The number of hydrogen-bond donors (Lipinski definition) is 1. The molecule has 1 aliphatic heterocycles. The molecule has 0 spiro atoms. The van der Waals surface area contributed by atoms with Gasteiger partial charge in [0, 0.05) is 38.3 Å². The smallest absolute Gasteiger partial charge is 0.144 e. The normalized spacial score (nSPS) is 17.0. The maximum atomic E-state index is 14.5. The van der Waals surface area contributed by atoms with Gasteiger partial charge in [-0.2, -0.15) is 35.4 Å². The number of halogens is 3. The topological polar surface area (TPSA) is 24.4 Å². The zero-order valence-electron chi connectivity index (χ0n) is 13.2. The van der Waals surface area contributed by atoms with Crippen molar-refractivity contribution in [3.63, 3.8) is 0 Å². The van der Waals surface area contributed by atoms with Crippen LogP contribution in [0.15, 0.2) is 41.5 Å². The summed E-state index contributed by atoms with van der Waals surface area (Å²) in [4.78, 5) is 0. The van der Waals surface area contributed by atoms with Crippen LogP contribution in [0.4, 0.5) is 8.78 Å². The Morgan fingerprint density at radius 1 is 1.12 bits per heavy atom. The second kappa shape index (κ2) is 7.86. The number of nitrogens with one attached hydrogen (secondary N) is 1. The molecule has 0 amide bonds. The molecule has 1 radical (unpaired) electrons. The maximum Gasteiger partial charge on any atom is 0.144 e. The van der Waals surface area contributed by atoms with E-state index in [-0.39, 0.29) is 38.3 Å². The van der Waals surface area contributed by atoms with E-state index in [9.17, 15) is 8.78 Å². The summed E-state index contributed by atoms with van der Waals surface area (Å²) >= 11 is 6.29. The summed E-state index contributed by atoms with van der Waals surface area (Å²) in [6.07, 6.45) is 0. The van der Waals surface area contributed by atoms with Crippen LogP contribution in [0.25, 0.3) is 11.1 Å². The largest absolute Gasteiger partial charge is 0.287 e. The number of aryl methyl sites for hydroxylation is 1. The van der Waals surface area contributed by atoms with E-state index in [4.69, 9.17) is 11.6 Å². The minimum Gasteiger partial charge on any atom is -0.287 e. The molecule has 2 nitrogen and oxygen atoms in total. The number of nitrogens with zero attached hydrogens (tertiary/aromatic N) is 1. The molecule has 121 valence electrons. The van der Waals surface area contributed by atoms with Crippen molar-refractivity contribution in [3.05, 3.63) is 70.8 Å². The first kappa shape index (κ1) is 19.2. The molecule has 1 heterocycles. The van der Waals surface area contributed by atoms with Crippen LogP contribution < -0.4 is 5.43 Å². The van der Waals surface area contributed by atoms with Crippen LogP contribution in [0.5, 0.6) is 0 Å². The van der Waals surface area contributed by atoms with E-state index in [0.717, 1.165) is 5.56 Å². The molecule has 6 heteroatoms. The van der Waals surface area contributed by atoms with Crippen molar-refractivity contribution in [3.8, 4) is 0 Å². The molecule has 2 aromatic rings. The van der Waals surface area contributed by atoms with Crippen molar-refractivity contribution in [2.24, 2.45) is 5.10 Å². The first-order valence-corrected chi connectivity index (χ1v) is 7.53. The van der Waals surface area contributed by atoms with E-state index in [0.29, 0.717) is 22.4 Å². The SMILES string of the molecule is CC1=NNC(Cl)C(c2c(F)cc(C)cc2F)=C1c1cc[c-]cc1.[Y]. The van der Waals surface area contributed by atoms with Gasteiger partial charge in [0.05, 0.1) is 11.3 Å². The fourth-order valence-electron chi connectivity index (χ4n) is 2.72. The van der Waals surface area contributed by atoms with Gasteiger partial charge in [0.2, 0.25) is 0 Å². The number of hydrogen-bond acceptors (Lipinski definition) is 2. The van der Waals surface area contributed by atoms with Gasteiger partial charge in [0.1, 0.15) is 17.1 Å². The summed E-state index contributed by atoms with van der Waals surface area (Å²) in [6.45, 7) is 3.41. The molecule has 1 aliphatic rings. The number of allylic oxidation sites excluding steroid dienone is 1. The predicted molar refractivity (Wildman–Crippen MR) is 89.1 cm³/mol. The zero-order valence-corrected chi connectivity index (χ0v) is 16.8. The Balaban J connectivity index is 0.00000208. The van der Waals surface area contributed by atoms with Crippen molar-refractivity contribution in [1.29, 1.82) is 0 Å². The van der Waals surface area contributed by atoms with Gasteiger partial charge in [-0.1, -0.05) is 11.6 Å². The molecule has 0 saturated heterocycles. The Bertz CT molecular complexity index is 796. The standard InChI is InChI=1S/C18H14ClF2N2.Y/c1-10-8-13(20)16(14(21)9-10)17-15(11(2)22-23-18(17)19)12-6-4-3-5-7-12;/h4-9,18,23H,1-2H3;/q-1;. The quantitative estimate of drug-likeness (QED) is 0.431. The van der Waals surface area contributed by atoms with Crippen LogP contribution in [0.2, 0.25) is 0 Å². The molecule has 1 unspecified atom stereocenters. The van der Waals surface area contributed by atoms with Crippen molar-refractivity contribution in [2.45, 2.75) is 19.3 Å². The molecule has 0 fully saturated rings. The molecule has 3 rings (SSSR count). The fraction of sp³-hybridized carbons (Fsp3) is 0.167. The molecule has 0 saturated carbocycles. The number of hydrazone groups is 1. The summed E-state index contributed by atoms with van der Waals surface area (Å²) < 4.78 is 29.0. The van der Waals surface area contributed by atoms with E-state index < -0.39 is 17.1 Å². The first-order valence-electron chi connectivity index (χ1n) is 7.10. The molecule has 1 atom stereocenters. The summed E-state index contributed by atoms with van der Waals surface area (Å²) in [6, 6.07) is 12.6. The van der Waals surface area contributed by atoms with Crippen molar-refractivity contribution < 1.29 is 41.5 Å². The Labute approximate surface area is 169 Å². The van der Waals surface area contributed by atoms with E-state index >= 15 is 0 Å². The van der Waals surface area contributed by atoms with Gasteiger partial charge in [-0.3, -0.25) is 5.43 Å². The average molecular weight is 421 g/mol. The van der Waals surface area contributed by atoms with Crippen LogP contribution in [-0.4, -0.2) is 11.2 Å². The van der Waals surface area contributed by atoms with E-state index in [1.54, 1.807) is 26.0 Å². The van der Waals surface area contributed by atoms with Crippen LogP contribution >= 0.6 is 11.6 Å². The van der Waals surface area contributed by atoms with E-state index in [1.807, 2.05) is 12.1 Å². The van der Waals surface area contributed by atoms with Crippen LogP contribution in [0, 0.1) is 24.6 Å². The number of alkyl halides is 1. The first-order chi connectivity index (χ1) is 11.0. The minimum atomic E-state index is -0.829. The average Bonchev–Trinajstić information content (AvgIpc) is 2.50. The summed E-state index contributed by atoms with van der Waals surface area (Å²) in [5, 5.41) is 4.14. The fourth-order valence-corrected chi connectivity index (χ4v) is 2.99. The maximum absolute atomic E-state index is 14.5. The van der Waals surface area contributed by atoms with Gasteiger partial charge in [-0.15, -0.1) is 5.56 Å². The van der Waals surface area contributed by atoms with Crippen molar-refractivity contribution >= 4 is 28.5 Å². The third-order valence-corrected chi connectivity index (χ3v) is 4.01. The van der Waals surface area contributed by atoms with Gasteiger partial charge < -0.3 is 0 Å². The summed E-state index contributed by atoms with van der Waals surface area (Å²) in [5.74, 6) is -1.28. The van der Waals surface area contributed by atoms with Gasteiger partial charge in [-0.05, 0) is 37.1 Å². The Hall–Kier alpha value is -1.10. The molecule has 24 heavy (non-hydrogen) atoms. The summed E-state index contributed by atoms with van der Waals surface area (Å²) in [5.41, 5.74) is 4.63. The van der Waals surface area contributed by atoms with Gasteiger partial charge in [0.25, 0.3) is 0 Å². The van der Waals surface area contributed by atoms with E-state index in [2.05, 4.69) is 16.6 Å². The molecular formula is C18H14ClF2N2Y-. The van der Waals surface area contributed by atoms with Crippen molar-refractivity contribution in [2.75, 3.05) is 0 Å². The third kappa shape index (κ3) is 3.61. The second-order valence-corrected chi connectivity index (χ2v) is 5.81. The molecule has 0 bridgehead atoms. The molecule has 0 aromatic heterocycles. The van der Waals surface area contributed by atoms with Gasteiger partial charge in [0.15, 0.2) is 0 Å². The Morgan fingerprint density at radius 3 is 2.29 bits per heavy atom. The molecular weight excluding hydrogens is 407 g/mol. The predicted octanol–water partition coefficient (Wildman–Crippen LogP) is 4.53. The van der Waals surface area contributed by atoms with Crippen LogP contribution in [0.3, 0.4) is 0 Å². The molecule has 0 aliphatic carbocycles.